The van der Waals surface area contributed by atoms with Crippen molar-refractivity contribution < 1.29 is 29.4 Å². The fourth-order valence-corrected chi connectivity index (χ4v) is 8.39. The molecule has 328 valence electrons. The number of benzene rings is 3. The maximum Gasteiger partial charge on any atom is 0.337 e. The molecular weight excluding hydrogens is 789 g/mol. The molecule has 0 saturated carbocycles. The molecule has 0 radical (unpaired) electrons. The summed E-state index contributed by atoms with van der Waals surface area (Å²) in [6.45, 7) is 16.1. The number of anilines is 2. The number of likely N-dealkylation sites (N-methyl/N-ethyl adjacent to an activating group) is 1. The van der Waals surface area contributed by atoms with Crippen LogP contribution in [0.25, 0.3) is 0 Å². The summed E-state index contributed by atoms with van der Waals surface area (Å²) in [7, 11) is 8.49. The normalized spacial score (nSPS) is 15.7. The molecule has 3 aromatic carbocycles. The summed E-state index contributed by atoms with van der Waals surface area (Å²) >= 11 is 1.87. The molecule has 13 heteroatoms. The van der Waals surface area contributed by atoms with E-state index >= 15 is 0 Å². The summed E-state index contributed by atoms with van der Waals surface area (Å²) in [5.74, 6) is -0.669. The molecule has 0 spiro atoms. The van der Waals surface area contributed by atoms with Crippen molar-refractivity contribution >= 4 is 47.0 Å². The van der Waals surface area contributed by atoms with Crippen molar-refractivity contribution in [1.29, 1.82) is 0 Å². The third kappa shape index (κ3) is 13.8. The van der Waals surface area contributed by atoms with Gasteiger partial charge in [0.15, 0.2) is 0 Å². The summed E-state index contributed by atoms with van der Waals surface area (Å²) in [6, 6.07) is 27.8. The lowest BCUT2D eigenvalue weighted by Crippen LogP contribution is -2.64. The first-order valence-corrected chi connectivity index (χ1v) is 21.5. The molecule has 4 N–H and O–H groups in total. The van der Waals surface area contributed by atoms with Crippen LogP contribution in [0, 0.1) is 17.3 Å². The molecule has 4 amide bonds. The summed E-state index contributed by atoms with van der Waals surface area (Å²) in [5.41, 5.74) is 2.91. The third-order valence-electron chi connectivity index (χ3n) is 11.0. The molecule has 0 aliphatic carbocycles. The van der Waals surface area contributed by atoms with Gasteiger partial charge in [0.2, 0.25) is 11.8 Å². The predicted molar refractivity (Wildman–Crippen MR) is 246 cm³/mol. The number of carboxylic acids is 1. The summed E-state index contributed by atoms with van der Waals surface area (Å²) in [5, 5.41) is 22.1. The number of urea groups is 1. The van der Waals surface area contributed by atoms with Crippen molar-refractivity contribution in [3.63, 3.8) is 0 Å². The van der Waals surface area contributed by atoms with Gasteiger partial charge in [0, 0.05) is 41.3 Å². The molecule has 1 saturated heterocycles. The van der Waals surface area contributed by atoms with Crippen LogP contribution in [0.2, 0.25) is 0 Å². The van der Waals surface area contributed by atoms with E-state index in [1.165, 1.54) is 51.3 Å². The number of barbiturate groups is 1. The van der Waals surface area contributed by atoms with Crippen LogP contribution < -0.4 is 15.5 Å². The molecule has 2 aliphatic rings. The highest BCUT2D eigenvalue weighted by Gasteiger charge is 2.52. The first-order valence-electron chi connectivity index (χ1n) is 20.6. The van der Waals surface area contributed by atoms with Gasteiger partial charge in [-0.2, -0.15) is 0 Å². The second kappa shape index (κ2) is 24.1. The highest BCUT2D eigenvalue weighted by atomic mass is 32.2. The van der Waals surface area contributed by atoms with E-state index in [2.05, 4.69) is 140 Å². The SMILES string of the molecule is C=CCC1(C(C)CC)C(=O)NC(=O)NC1=O.CC(CN1c2ccccc2Sc2ccccc21)N(C)C.CC[C@@H](c1cccc(O)c1)[C@@H](C)CN(C)C.O=C(O)c1cccnc1. The van der Waals surface area contributed by atoms with Crippen LogP contribution in [0.3, 0.4) is 0 Å². The third-order valence-corrected chi connectivity index (χ3v) is 12.2. The van der Waals surface area contributed by atoms with Gasteiger partial charge in [0.1, 0.15) is 11.2 Å². The Kier molecular flexibility index (Phi) is 19.7. The summed E-state index contributed by atoms with van der Waals surface area (Å²) in [6.07, 6.45) is 6.38. The van der Waals surface area contributed by atoms with Crippen molar-refractivity contribution in [2.24, 2.45) is 17.3 Å². The zero-order valence-corrected chi connectivity index (χ0v) is 37.9. The zero-order chi connectivity index (χ0) is 45.3. The van der Waals surface area contributed by atoms with Gasteiger partial charge in [0.05, 0.1) is 16.9 Å². The van der Waals surface area contributed by atoms with Crippen LogP contribution in [0.1, 0.15) is 75.7 Å². The van der Waals surface area contributed by atoms with E-state index in [4.69, 9.17) is 5.11 Å². The number of nitrogens with zero attached hydrogens (tertiary/aromatic N) is 4. The Bertz CT molecular complexity index is 2000. The minimum absolute atomic E-state index is 0.154. The quantitative estimate of drug-likeness (QED) is 0.0752. The minimum atomic E-state index is -1.20. The average molecular weight is 853 g/mol. The van der Waals surface area contributed by atoms with E-state index in [0.29, 0.717) is 30.0 Å². The lowest BCUT2D eigenvalue weighted by molar-refractivity contribution is -0.148. The number of pyridine rings is 1. The second-order valence-electron chi connectivity index (χ2n) is 15.9. The molecule has 6 rings (SSSR count). The Morgan fingerprint density at radius 2 is 1.46 bits per heavy atom. The van der Waals surface area contributed by atoms with Gasteiger partial charge in [0.25, 0.3) is 0 Å². The van der Waals surface area contributed by atoms with Gasteiger partial charge in [-0.1, -0.05) is 88.4 Å². The number of rotatable bonds is 13. The van der Waals surface area contributed by atoms with E-state index in [1.54, 1.807) is 12.1 Å². The van der Waals surface area contributed by atoms with Gasteiger partial charge in [-0.3, -0.25) is 25.2 Å². The first kappa shape index (κ1) is 49.9. The van der Waals surface area contributed by atoms with Crippen molar-refractivity contribution in [3.05, 3.63) is 121 Å². The molecule has 4 aromatic rings. The Morgan fingerprint density at radius 3 is 1.90 bits per heavy atom. The number of allylic oxidation sites excluding steroid dienone is 1. The number of carbonyl (C=O) groups excluding carboxylic acids is 3. The van der Waals surface area contributed by atoms with Gasteiger partial charge >= 0.3 is 12.0 Å². The van der Waals surface area contributed by atoms with E-state index < -0.39 is 29.2 Å². The number of imide groups is 2. The largest absolute Gasteiger partial charge is 0.508 e. The summed E-state index contributed by atoms with van der Waals surface area (Å²) < 4.78 is 0. The topological polar surface area (TPSA) is 155 Å². The average Bonchev–Trinajstić information content (AvgIpc) is 3.22. The van der Waals surface area contributed by atoms with Crippen LogP contribution in [-0.2, 0) is 9.59 Å². The van der Waals surface area contributed by atoms with Crippen LogP contribution in [0.5, 0.6) is 5.75 Å². The fourth-order valence-electron chi connectivity index (χ4n) is 7.29. The van der Waals surface area contributed by atoms with E-state index in [-0.39, 0.29) is 17.9 Å². The van der Waals surface area contributed by atoms with Crippen LogP contribution in [-0.4, -0.2) is 96.1 Å². The number of carboxylic acid groups (broad SMARTS) is 1. The number of hydrogen-bond donors (Lipinski definition) is 4. The smallest absolute Gasteiger partial charge is 0.337 e. The number of phenols is 1. The molecule has 61 heavy (non-hydrogen) atoms. The molecule has 4 atom stereocenters. The molecule has 0 bridgehead atoms. The number of phenolic OH excluding ortho intramolecular Hbond substituents is 1. The Balaban J connectivity index is 0.000000224. The number of aromatic nitrogens is 1. The lowest BCUT2D eigenvalue weighted by atomic mass is 9.70. The Morgan fingerprint density at radius 1 is 0.869 bits per heavy atom. The van der Waals surface area contributed by atoms with Gasteiger partial charge in [-0.25, -0.2) is 9.59 Å². The number of aromatic hydroxyl groups is 1. The lowest BCUT2D eigenvalue weighted by Gasteiger charge is -2.37. The Labute approximate surface area is 366 Å². The van der Waals surface area contributed by atoms with Crippen molar-refractivity contribution in [3.8, 4) is 5.75 Å². The number of hydrogen-bond acceptors (Lipinski definition) is 10. The molecule has 12 nitrogen and oxygen atoms in total. The molecule has 2 aliphatic heterocycles. The van der Waals surface area contributed by atoms with Crippen LogP contribution in [0.4, 0.5) is 16.2 Å². The number of aromatic carboxylic acids is 1. The first-order chi connectivity index (χ1) is 29.0. The van der Waals surface area contributed by atoms with E-state index in [9.17, 15) is 24.3 Å². The van der Waals surface area contributed by atoms with E-state index in [1.807, 2.05) is 37.7 Å². The molecule has 3 heterocycles. The Hall–Kier alpha value is -5.50. The van der Waals surface area contributed by atoms with Crippen molar-refractivity contribution in [1.82, 2.24) is 25.4 Å². The number of carbonyl (C=O) groups is 4. The monoisotopic (exact) mass is 852 g/mol. The fraction of sp³-hybridized carbons (Fsp3) is 0.396. The number of amides is 4. The predicted octanol–water partition coefficient (Wildman–Crippen LogP) is 9.06. The highest BCUT2D eigenvalue weighted by Crippen LogP contribution is 2.48. The number of nitrogens with one attached hydrogen (secondary N) is 2. The maximum absolute atomic E-state index is 11.9. The van der Waals surface area contributed by atoms with E-state index in [0.717, 1.165) is 19.5 Å². The van der Waals surface area contributed by atoms with Crippen molar-refractivity contribution in [2.75, 3.05) is 46.2 Å². The maximum atomic E-state index is 11.9. The van der Waals surface area contributed by atoms with Crippen LogP contribution >= 0.6 is 11.8 Å². The van der Waals surface area contributed by atoms with Gasteiger partial charge in [-0.05, 0) is 120 Å². The number of para-hydroxylation sites is 2. The highest BCUT2D eigenvalue weighted by molar-refractivity contribution is 7.99. The summed E-state index contributed by atoms with van der Waals surface area (Å²) in [4.78, 5) is 58.2. The minimum Gasteiger partial charge on any atom is -0.508 e. The molecular formula is C48H64N6O6S. The number of fused-ring (bicyclic) bond motifs is 2. The van der Waals surface area contributed by atoms with Crippen molar-refractivity contribution in [2.45, 2.75) is 75.6 Å². The van der Waals surface area contributed by atoms with Crippen LogP contribution in [0.15, 0.2) is 120 Å². The van der Waals surface area contributed by atoms with Gasteiger partial charge in [-0.15, -0.1) is 6.58 Å². The zero-order valence-electron chi connectivity index (χ0n) is 37.1. The molecule has 2 unspecified atom stereocenters. The second-order valence-corrected chi connectivity index (χ2v) is 17.0. The molecule has 1 fully saturated rings. The molecule has 1 aromatic heterocycles. The standard InChI is InChI=1S/C17H20N2S.C14H23NO.C11H16N2O3.C6H5NO2/c1-13(18(2)3)12-19-14-8-4-6-10-16(14)20-17-11-7-5-9-15(17)19;1-5-14(11(2)10-15(3)4)12-7-6-8-13(16)9-12;1-4-6-11(7(3)5-2)8(14)12-10(16)13-9(11)15;8-6(9)5-2-1-3-7-4-5/h4-11,13H,12H2,1-3H3;6-9,11,14,16H,5,10H2,1-4H3;4,7H,1,5-6H2,2-3H3,(H2,12,13,14,15,16);1-4H,(H,8,9)/t;11-,14+;;/m.0../s1. The van der Waals surface area contributed by atoms with Gasteiger partial charge < -0.3 is 24.9 Å².